The summed E-state index contributed by atoms with van der Waals surface area (Å²) >= 11 is 0. The number of ether oxygens (including phenoxy) is 1. The Hall–Kier alpha value is -1.99. The number of hydrogen-bond acceptors (Lipinski definition) is 5. The van der Waals surface area contributed by atoms with Crippen molar-refractivity contribution in [2.45, 2.75) is 26.1 Å². The molecule has 0 spiro atoms. The summed E-state index contributed by atoms with van der Waals surface area (Å²) in [5.41, 5.74) is -0.126. The predicted octanol–water partition coefficient (Wildman–Crippen LogP) is 0.533. The zero-order valence-electron chi connectivity index (χ0n) is 11.8. The normalized spacial score (nSPS) is 13.4. The van der Waals surface area contributed by atoms with Crippen LogP contribution in [0.25, 0.3) is 0 Å². The predicted molar refractivity (Wildman–Crippen MR) is 72.0 cm³/mol. The van der Waals surface area contributed by atoms with E-state index in [-0.39, 0.29) is 30.2 Å². The zero-order chi connectivity index (χ0) is 16.0. The van der Waals surface area contributed by atoms with E-state index in [1.807, 2.05) is 0 Å². The number of aliphatic hydroxyl groups excluding tert-OH is 2. The Morgan fingerprint density at radius 2 is 2.05 bits per heavy atom. The van der Waals surface area contributed by atoms with Gasteiger partial charge in [-0.3, -0.25) is 4.79 Å². The minimum atomic E-state index is -1.54. The van der Waals surface area contributed by atoms with Crippen LogP contribution in [-0.4, -0.2) is 41.3 Å². The van der Waals surface area contributed by atoms with E-state index in [1.54, 1.807) is 6.92 Å². The number of esters is 1. The first-order valence-electron chi connectivity index (χ1n) is 6.44. The van der Waals surface area contributed by atoms with E-state index >= 15 is 0 Å². The Balaban J connectivity index is 3.00. The summed E-state index contributed by atoms with van der Waals surface area (Å²) in [5.74, 6) is -1.77. The van der Waals surface area contributed by atoms with Crippen LogP contribution < -0.4 is 5.32 Å². The largest absolute Gasteiger partial charge is 0.462 e. The summed E-state index contributed by atoms with van der Waals surface area (Å²) < 4.78 is 18.1. The van der Waals surface area contributed by atoms with Crippen LogP contribution in [0.4, 0.5) is 4.39 Å². The summed E-state index contributed by atoms with van der Waals surface area (Å²) in [6, 6.07) is 3.19. The van der Waals surface area contributed by atoms with Gasteiger partial charge in [-0.2, -0.15) is 0 Å². The topological polar surface area (TPSA) is 95.9 Å². The molecule has 1 aromatic rings. The molecule has 0 radical (unpaired) electrons. The van der Waals surface area contributed by atoms with Crippen molar-refractivity contribution in [3.05, 3.63) is 35.1 Å². The molecule has 0 aliphatic heterocycles. The van der Waals surface area contributed by atoms with E-state index in [4.69, 9.17) is 4.74 Å². The number of aliphatic hydroxyl groups is 2. The van der Waals surface area contributed by atoms with Gasteiger partial charge in [0, 0.05) is 19.0 Å². The molecule has 1 rings (SSSR count). The Labute approximate surface area is 121 Å². The standard InChI is InChI=1S/C14H18FNO5/c1-3-21-14(20)10-5-4-9(15)6-11(10)13(19)12(18)7-16-8(2)17/h4-6,12-13,18-19H,3,7H2,1-2H3,(H,16,17). The van der Waals surface area contributed by atoms with Gasteiger partial charge in [-0.15, -0.1) is 0 Å². The molecule has 7 heteroatoms. The zero-order valence-corrected chi connectivity index (χ0v) is 11.8. The highest BCUT2D eigenvalue weighted by molar-refractivity contribution is 5.91. The van der Waals surface area contributed by atoms with E-state index in [0.717, 1.165) is 12.1 Å². The van der Waals surface area contributed by atoms with Gasteiger partial charge in [0.05, 0.1) is 12.2 Å². The van der Waals surface area contributed by atoms with E-state index < -0.39 is 24.0 Å². The molecule has 0 bridgehead atoms. The molecule has 0 saturated carbocycles. The molecule has 2 atom stereocenters. The lowest BCUT2D eigenvalue weighted by Crippen LogP contribution is -2.34. The highest BCUT2D eigenvalue weighted by atomic mass is 19.1. The Bertz CT molecular complexity index is 520. The second-order valence-corrected chi connectivity index (χ2v) is 4.40. The third kappa shape index (κ3) is 4.80. The number of benzene rings is 1. The van der Waals surface area contributed by atoms with Gasteiger partial charge in [-0.1, -0.05) is 0 Å². The number of nitrogens with one attached hydrogen (secondary N) is 1. The van der Waals surface area contributed by atoms with Crippen molar-refractivity contribution in [1.29, 1.82) is 0 Å². The second kappa shape index (κ2) is 7.70. The van der Waals surface area contributed by atoms with Crippen molar-refractivity contribution in [3.8, 4) is 0 Å². The molecule has 0 aliphatic rings. The van der Waals surface area contributed by atoms with Gasteiger partial charge in [-0.25, -0.2) is 9.18 Å². The summed E-state index contributed by atoms with van der Waals surface area (Å²) in [6.07, 6.45) is -2.92. The van der Waals surface area contributed by atoms with Crippen molar-refractivity contribution < 1.29 is 28.9 Å². The van der Waals surface area contributed by atoms with Crippen LogP contribution in [0, 0.1) is 5.82 Å². The Kier molecular flexibility index (Phi) is 6.26. The van der Waals surface area contributed by atoms with E-state index in [1.165, 1.54) is 13.0 Å². The van der Waals surface area contributed by atoms with Crippen LogP contribution in [-0.2, 0) is 9.53 Å². The van der Waals surface area contributed by atoms with E-state index in [2.05, 4.69) is 5.32 Å². The average molecular weight is 299 g/mol. The molecule has 21 heavy (non-hydrogen) atoms. The molecule has 3 N–H and O–H groups in total. The third-order valence-corrected chi connectivity index (χ3v) is 2.75. The average Bonchev–Trinajstić information content (AvgIpc) is 2.43. The summed E-state index contributed by atoms with van der Waals surface area (Å²) in [5, 5.41) is 22.2. The van der Waals surface area contributed by atoms with Crippen molar-refractivity contribution in [3.63, 3.8) is 0 Å². The highest BCUT2D eigenvalue weighted by Crippen LogP contribution is 2.23. The minimum absolute atomic E-state index is 0.0346. The maximum absolute atomic E-state index is 13.3. The number of rotatable bonds is 6. The van der Waals surface area contributed by atoms with Crippen molar-refractivity contribution >= 4 is 11.9 Å². The lowest BCUT2D eigenvalue weighted by Gasteiger charge is -2.20. The molecule has 1 amide bonds. The molecule has 2 unspecified atom stereocenters. The molecule has 0 aliphatic carbocycles. The molecule has 6 nitrogen and oxygen atoms in total. The number of hydrogen-bond donors (Lipinski definition) is 3. The molecular formula is C14H18FNO5. The number of amides is 1. The van der Waals surface area contributed by atoms with Gasteiger partial charge in [0.2, 0.25) is 5.91 Å². The lowest BCUT2D eigenvalue weighted by atomic mass is 9.98. The van der Waals surface area contributed by atoms with Gasteiger partial charge in [0.25, 0.3) is 0 Å². The van der Waals surface area contributed by atoms with Gasteiger partial charge < -0.3 is 20.3 Å². The summed E-state index contributed by atoms with van der Waals surface area (Å²) in [6.45, 7) is 2.77. The molecule has 1 aromatic carbocycles. The lowest BCUT2D eigenvalue weighted by molar-refractivity contribution is -0.119. The molecule has 0 aromatic heterocycles. The molecule has 0 saturated heterocycles. The maximum atomic E-state index is 13.3. The minimum Gasteiger partial charge on any atom is -0.462 e. The summed E-state index contributed by atoms with van der Waals surface area (Å²) in [7, 11) is 0. The first kappa shape index (κ1) is 17.1. The second-order valence-electron chi connectivity index (χ2n) is 4.40. The number of halogens is 1. The maximum Gasteiger partial charge on any atom is 0.338 e. The SMILES string of the molecule is CCOC(=O)c1ccc(F)cc1C(O)C(O)CNC(C)=O. The molecule has 116 valence electrons. The van der Waals surface area contributed by atoms with Gasteiger partial charge >= 0.3 is 5.97 Å². The van der Waals surface area contributed by atoms with E-state index in [0.29, 0.717) is 0 Å². The summed E-state index contributed by atoms with van der Waals surface area (Å²) in [4.78, 5) is 22.5. The van der Waals surface area contributed by atoms with Crippen molar-refractivity contribution in [1.82, 2.24) is 5.32 Å². The molecule has 0 heterocycles. The fourth-order valence-corrected chi connectivity index (χ4v) is 1.74. The van der Waals surface area contributed by atoms with Crippen LogP contribution in [0.1, 0.15) is 35.9 Å². The van der Waals surface area contributed by atoms with Gasteiger partial charge in [-0.05, 0) is 25.1 Å². The van der Waals surface area contributed by atoms with E-state index in [9.17, 15) is 24.2 Å². The number of carbonyl (C=O) groups is 2. The smallest absolute Gasteiger partial charge is 0.338 e. The third-order valence-electron chi connectivity index (χ3n) is 2.75. The van der Waals surface area contributed by atoms with Crippen LogP contribution in [0.5, 0.6) is 0 Å². The Morgan fingerprint density at radius 1 is 1.38 bits per heavy atom. The Morgan fingerprint density at radius 3 is 2.62 bits per heavy atom. The van der Waals surface area contributed by atoms with Gasteiger partial charge in [0.15, 0.2) is 0 Å². The highest BCUT2D eigenvalue weighted by Gasteiger charge is 2.25. The molecular weight excluding hydrogens is 281 g/mol. The van der Waals surface area contributed by atoms with Crippen LogP contribution >= 0.6 is 0 Å². The first-order chi connectivity index (χ1) is 9.86. The van der Waals surface area contributed by atoms with Crippen LogP contribution in [0.15, 0.2) is 18.2 Å². The van der Waals surface area contributed by atoms with Gasteiger partial charge in [0.1, 0.15) is 18.0 Å². The van der Waals surface area contributed by atoms with Crippen LogP contribution in [0.2, 0.25) is 0 Å². The fraction of sp³-hybridized carbons (Fsp3) is 0.429. The van der Waals surface area contributed by atoms with Crippen molar-refractivity contribution in [2.24, 2.45) is 0 Å². The monoisotopic (exact) mass is 299 g/mol. The first-order valence-corrected chi connectivity index (χ1v) is 6.44. The fourth-order valence-electron chi connectivity index (χ4n) is 1.74. The van der Waals surface area contributed by atoms with Crippen molar-refractivity contribution in [2.75, 3.05) is 13.2 Å². The molecule has 0 fully saturated rings. The quantitative estimate of drug-likeness (QED) is 0.666. The number of carbonyl (C=O) groups excluding carboxylic acids is 2. The van der Waals surface area contributed by atoms with Crippen LogP contribution in [0.3, 0.4) is 0 Å².